The molecule has 5 heteroatoms. The zero-order valence-electron chi connectivity index (χ0n) is 11.1. The number of sulfone groups is 1. The highest BCUT2D eigenvalue weighted by molar-refractivity contribution is 7.90. The third-order valence-corrected chi connectivity index (χ3v) is 3.51. The molecule has 4 nitrogen and oxygen atoms in total. The van der Waals surface area contributed by atoms with Crippen LogP contribution in [0.25, 0.3) is 0 Å². The molecule has 1 aromatic carbocycles. The zero-order chi connectivity index (χ0) is 13.6. The summed E-state index contributed by atoms with van der Waals surface area (Å²) in [4.78, 5) is 0. The van der Waals surface area contributed by atoms with Crippen molar-refractivity contribution in [2.45, 2.75) is 19.9 Å². The van der Waals surface area contributed by atoms with Gasteiger partial charge < -0.3 is 10.1 Å². The van der Waals surface area contributed by atoms with Crippen molar-refractivity contribution in [2.24, 2.45) is 0 Å². The largest absolute Gasteiger partial charge is 0.492 e. The van der Waals surface area contributed by atoms with Crippen molar-refractivity contribution in [3.8, 4) is 5.75 Å². The van der Waals surface area contributed by atoms with Crippen LogP contribution in [0, 0.1) is 6.92 Å². The Bertz CT molecular complexity index is 471. The predicted octanol–water partition coefficient (Wildman–Crippen LogP) is 1.40. The van der Waals surface area contributed by atoms with Crippen LogP contribution >= 0.6 is 0 Å². The molecule has 0 radical (unpaired) electrons. The fourth-order valence-corrected chi connectivity index (χ4v) is 2.72. The lowest BCUT2D eigenvalue weighted by molar-refractivity contribution is 0.309. The second-order valence-corrected chi connectivity index (χ2v) is 6.80. The van der Waals surface area contributed by atoms with Crippen LogP contribution in [0.1, 0.15) is 12.5 Å². The van der Waals surface area contributed by atoms with Gasteiger partial charge in [-0.25, -0.2) is 8.42 Å². The second kappa shape index (κ2) is 6.75. The Morgan fingerprint density at radius 3 is 2.72 bits per heavy atom. The predicted molar refractivity (Wildman–Crippen MR) is 73.8 cm³/mol. The van der Waals surface area contributed by atoms with E-state index in [1.807, 2.05) is 38.1 Å². The van der Waals surface area contributed by atoms with Crippen LogP contribution in [0.3, 0.4) is 0 Å². The van der Waals surface area contributed by atoms with E-state index >= 15 is 0 Å². The van der Waals surface area contributed by atoms with E-state index in [0.717, 1.165) is 11.3 Å². The molecule has 0 fully saturated rings. The van der Waals surface area contributed by atoms with Gasteiger partial charge in [-0.15, -0.1) is 0 Å². The first-order chi connectivity index (χ1) is 8.37. The smallest absolute Gasteiger partial charge is 0.148 e. The van der Waals surface area contributed by atoms with Crippen molar-refractivity contribution < 1.29 is 13.2 Å². The van der Waals surface area contributed by atoms with Crippen LogP contribution in [0.15, 0.2) is 24.3 Å². The summed E-state index contributed by atoms with van der Waals surface area (Å²) in [5, 5.41) is 3.12. The van der Waals surface area contributed by atoms with Gasteiger partial charge >= 0.3 is 0 Å². The van der Waals surface area contributed by atoms with Crippen molar-refractivity contribution in [3.63, 3.8) is 0 Å². The van der Waals surface area contributed by atoms with Gasteiger partial charge in [0, 0.05) is 18.8 Å². The van der Waals surface area contributed by atoms with E-state index in [2.05, 4.69) is 5.32 Å². The number of hydrogen-bond acceptors (Lipinski definition) is 4. The van der Waals surface area contributed by atoms with E-state index in [-0.39, 0.29) is 11.8 Å². The molecule has 0 aromatic heterocycles. The Labute approximate surface area is 109 Å². The highest BCUT2D eigenvalue weighted by atomic mass is 32.2. The molecule has 0 saturated heterocycles. The lowest BCUT2D eigenvalue weighted by Gasteiger charge is -2.13. The third-order valence-electron chi connectivity index (χ3n) is 2.41. The zero-order valence-corrected chi connectivity index (χ0v) is 12.0. The van der Waals surface area contributed by atoms with Gasteiger partial charge in [-0.1, -0.05) is 12.1 Å². The van der Waals surface area contributed by atoms with Crippen molar-refractivity contribution >= 4 is 9.84 Å². The van der Waals surface area contributed by atoms with Gasteiger partial charge in [0.2, 0.25) is 0 Å². The Balaban J connectivity index is 2.23. The minimum absolute atomic E-state index is 0.0545. The van der Waals surface area contributed by atoms with Gasteiger partial charge in [0.25, 0.3) is 0 Å². The maximum Gasteiger partial charge on any atom is 0.148 e. The molecule has 0 spiro atoms. The quantitative estimate of drug-likeness (QED) is 0.762. The minimum Gasteiger partial charge on any atom is -0.492 e. The molecule has 0 heterocycles. The molecule has 1 N–H and O–H groups in total. The lowest BCUT2D eigenvalue weighted by atomic mass is 10.2. The molecule has 0 aliphatic rings. The maximum absolute atomic E-state index is 11.1. The van der Waals surface area contributed by atoms with Crippen molar-refractivity contribution in [1.82, 2.24) is 5.32 Å². The minimum atomic E-state index is -2.92. The van der Waals surface area contributed by atoms with Gasteiger partial charge in [-0.3, -0.25) is 0 Å². The first-order valence-corrected chi connectivity index (χ1v) is 8.03. The number of hydrogen-bond donors (Lipinski definition) is 1. The Hall–Kier alpha value is -1.07. The molecule has 0 aliphatic carbocycles. The molecule has 0 saturated carbocycles. The number of ether oxygens (including phenoxy) is 1. The molecular weight excluding hydrogens is 250 g/mol. The molecule has 102 valence electrons. The van der Waals surface area contributed by atoms with E-state index in [0.29, 0.717) is 13.2 Å². The molecule has 1 unspecified atom stereocenters. The van der Waals surface area contributed by atoms with Crippen LogP contribution in [-0.2, 0) is 9.84 Å². The second-order valence-electron chi connectivity index (χ2n) is 4.61. The summed E-state index contributed by atoms with van der Waals surface area (Å²) in [6, 6.07) is 7.79. The van der Waals surface area contributed by atoms with Crippen LogP contribution in [-0.4, -0.2) is 39.6 Å². The summed E-state index contributed by atoms with van der Waals surface area (Å²) < 4.78 is 27.7. The number of aryl methyl sites for hydroxylation is 1. The number of nitrogens with one attached hydrogen (secondary N) is 1. The Morgan fingerprint density at radius 1 is 1.39 bits per heavy atom. The summed E-state index contributed by atoms with van der Waals surface area (Å²) in [5.41, 5.74) is 1.16. The van der Waals surface area contributed by atoms with Gasteiger partial charge in [0.15, 0.2) is 0 Å². The molecule has 1 aromatic rings. The number of rotatable bonds is 7. The molecule has 18 heavy (non-hydrogen) atoms. The summed E-state index contributed by atoms with van der Waals surface area (Å²) in [7, 11) is -2.92. The van der Waals surface area contributed by atoms with Crippen molar-refractivity contribution in [3.05, 3.63) is 29.8 Å². The average molecular weight is 271 g/mol. The van der Waals surface area contributed by atoms with Gasteiger partial charge in [-0.05, 0) is 31.5 Å². The topological polar surface area (TPSA) is 55.4 Å². The fourth-order valence-electron chi connectivity index (χ4n) is 1.69. The molecular formula is C13H21NO3S. The van der Waals surface area contributed by atoms with Gasteiger partial charge in [0.05, 0.1) is 5.75 Å². The summed E-state index contributed by atoms with van der Waals surface area (Å²) in [6.07, 6.45) is 1.24. The summed E-state index contributed by atoms with van der Waals surface area (Å²) in [5.74, 6) is 0.991. The SMILES string of the molecule is Cc1cccc(OCCNC(C)CS(C)(=O)=O)c1. The average Bonchev–Trinajstić information content (AvgIpc) is 2.22. The van der Waals surface area contributed by atoms with E-state index in [4.69, 9.17) is 4.74 Å². The molecule has 1 atom stereocenters. The normalized spacial score (nSPS) is 13.3. The summed E-state index contributed by atoms with van der Waals surface area (Å²) >= 11 is 0. The highest BCUT2D eigenvalue weighted by Gasteiger charge is 2.09. The first-order valence-electron chi connectivity index (χ1n) is 5.97. The van der Waals surface area contributed by atoms with Crippen LogP contribution in [0.5, 0.6) is 5.75 Å². The monoisotopic (exact) mass is 271 g/mol. The van der Waals surface area contributed by atoms with E-state index < -0.39 is 9.84 Å². The fraction of sp³-hybridized carbons (Fsp3) is 0.538. The van der Waals surface area contributed by atoms with Crippen molar-refractivity contribution in [1.29, 1.82) is 0 Å². The van der Waals surface area contributed by atoms with E-state index in [1.54, 1.807) is 0 Å². The maximum atomic E-state index is 11.1. The first kappa shape index (κ1) is 15.0. The van der Waals surface area contributed by atoms with Crippen LogP contribution in [0.2, 0.25) is 0 Å². The molecule has 0 bridgehead atoms. The van der Waals surface area contributed by atoms with Crippen LogP contribution < -0.4 is 10.1 Å². The summed E-state index contributed by atoms with van der Waals surface area (Å²) in [6.45, 7) is 5.02. The Morgan fingerprint density at radius 2 is 2.11 bits per heavy atom. The number of benzene rings is 1. The van der Waals surface area contributed by atoms with Gasteiger partial charge in [-0.2, -0.15) is 0 Å². The lowest BCUT2D eigenvalue weighted by Crippen LogP contribution is -2.35. The highest BCUT2D eigenvalue weighted by Crippen LogP contribution is 2.11. The molecule has 0 amide bonds. The third kappa shape index (κ3) is 6.61. The van der Waals surface area contributed by atoms with Gasteiger partial charge in [0.1, 0.15) is 22.2 Å². The van der Waals surface area contributed by atoms with Crippen LogP contribution in [0.4, 0.5) is 0 Å². The standard InChI is InChI=1S/C13H21NO3S/c1-11-5-4-6-13(9-11)17-8-7-14-12(2)10-18(3,15)16/h4-6,9,12,14H,7-8,10H2,1-3H3. The van der Waals surface area contributed by atoms with E-state index in [9.17, 15) is 8.42 Å². The van der Waals surface area contributed by atoms with E-state index in [1.165, 1.54) is 6.26 Å². The Kier molecular flexibility index (Phi) is 5.62. The molecule has 1 rings (SSSR count). The van der Waals surface area contributed by atoms with Crippen molar-refractivity contribution in [2.75, 3.05) is 25.2 Å². The molecule has 0 aliphatic heterocycles.